The molecule has 17 heteroatoms. The molecule has 3 aliphatic heterocycles. The lowest BCUT2D eigenvalue weighted by atomic mass is 9.78. The van der Waals surface area contributed by atoms with E-state index in [2.05, 4.69) is 54.0 Å². The Balaban J connectivity index is 0.000000191. The predicted octanol–water partition coefficient (Wildman–Crippen LogP) is 12.0. The van der Waals surface area contributed by atoms with Crippen LogP contribution in [0, 0.1) is 0 Å². The summed E-state index contributed by atoms with van der Waals surface area (Å²) in [5.74, 6) is 0.754. The van der Waals surface area contributed by atoms with E-state index in [4.69, 9.17) is 38.1 Å². The first-order valence-corrected chi connectivity index (χ1v) is 23.8. The molecule has 8 aromatic rings. The van der Waals surface area contributed by atoms with Gasteiger partial charge < -0.3 is 33.2 Å². The van der Waals surface area contributed by atoms with Gasteiger partial charge in [-0.05, 0) is 138 Å². The van der Waals surface area contributed by atoms with Gasteiger partial charge in [0.25, 0.3) is 0 Å². The average Bonchev–Trinajstić information content (AvgIpc) is 4.06. The maximum absolute atomic E-state index is 11.8. The molecule has 0 radical (unpaired) electrons. The van der Waals surface area contributed by atoms with Crippen LogP contribution in [-0.2, 0) is 44.2 Å². The molecule has 0 bridgehead atoms. The molecule has 8 aromatic carbocycles. The van der Waals surface area contributed by atoms with Crippen LogP contribution in [0.2, 0.25) is 0 Å². The van der Waals surface area contributed by atoms with Crippen molar-refractivity contribution in [2.45, 2.75) is 38.5 Å². The molecule has 79 heavy (non-hydrogen) atoms. The maximum Gasteiger partial charge on any atom is 0.373 e. The molecule has 0 fully saturated rings. The Kier molecular flexibility index (Phi) is 16.1. The van der Waals surface area contributed by atoms with Crippen molar-refractivity contribution in [3.05, 3.63) is 238 Å². The highest BCUT2D eigenvalue weighted by molar-refractivity contribution is 6.16. The molecule has 0 saturated heterocycles. The molecule has 0 aliphatic carbocycles. The van der Waals surface area contributed by atoms with Gasteiger partial charge in [-0.3, -0.25) is 0 Å². The molecule has 0 atom stereocenters. The number of fused-ring (bicyclic) bond motifs is 3. The summed E-state index contributed by atoms with van der Waals surface area (Å²) in [6, 6.07) is 54.9. The Morgan fingerprint density at radius 3 is 0.734 bits per heavy atom. The molecule has 17 nitrogen and oxygen atoms in total. The Morgan fingerprint density at radius 1 is 0.278 bits per heavy atom. The van der Waals surface area contributed by atoms with Gasteiger partial charge in [0, 0.05) is 10.8 Å². The molecule has 0 spiro atoms. The average molecular weight is 1060 g/mol. The molecule has 0 aromatic heterocycles. The summed E-state index contributed by atoms with van der Waals surface area (Å²) in [5.41, 5.74) is 5.13. The molecule has 0 unspecified atom stereocenters. The van der Waals surface area contributed by atoms with Gasteiger partial charge in [-0.2, -0.15) is 19.2 Å². The van der Waals surface area contributed by atoms with Crippen molar-refractivity contribution in [1.29, 1.82) is 0 Å². The van der Waals surface area contributed by atoms with E-state index < -0.39 is 35.8 Å². The zero-order valence-electron chi connectivity index (χ0n) is 42.3. The highest BCUT2D eigenvalue weighted by Crippen LogP contribution is 2.38. The van der Waals surface area contributed by atoms with Crippen molar-refractivity contribution in [2.75, 3.05) is 0 Å². The number of cyclic esters (lactones) is 6. The van der Waals surface area contributed by atoms with Crippen LogP contribution < -0.4 is 18.9 Å². The molecule has 11 rings (SSSR count). The van der Waals surface area contributed by atoms with Gasteiger partial charge in [0.1, 0.15) is 46.0 Å². The lowest BCUT2D eigenvalue weighted by molar-refractivity contribution is -0.193. The van der Waals surface area contributed by atoms with E-state index >= 15 is 0 Å². The van der Waals surface area contributed by atoms with Crippen molar-refractivity contribution >= 4 is 48.1 Å². The smallest absolute Gasteiger partial charge is 0.373 e. The maximum atomic E-state index is 11.8. The summed E-state index contributed by atoms with van der Waals surface area (Å²) >= 11 is 0. The van der Waals surface area contributed by atoms with E-state index in [0.717, 1.165) is 33.8 Å². The summed E-state index contributed by atoms with van der Waals surface area (Å²) in [6.45, 7) is 8.54. The van der Waals surface area contributed by atoms with Crippen LogP contribution in [0.1, 0.15) is 112 Å². The molecule has 3 aliphatic rings. The lowest BCUT2D eigenvalue weighted by Crippen LogP contribution is -2.18. The molecular formula is C62H42O17. The summed E-state index contributed by atoms with van der Waals surface area (Å²) in [4.78, 5) is 103. The number of hydrogen-bond acceptors (Lipinski definition) is 17. The topological polar surface area (TPSA) is 235 Å². The summed E-state index contributed by atoms with van der Waals surface area (Å²) in [5, 5.41) is 0. The number of para-hydroxylation sites is 1. The van der Waals surface area contributed by atoms with E-state index in [9.17, 15) is 28.8 Å². The summed E-state index contributed by atoms with van der Waals surface area (Å²) < 4.78 is 37.5. The van der Waals surface area contributed by atoms with E-state index in [1.54, 1.807) is 24.3 Å². The third-order valence-corrected chi connectivity index (χ3v) is 12.8. The van der Waals surface area contributed by atoms with Crippen LogP contribution in [0.4, 0.5) is 0 Å². The number of ether oxygens (including phenoxy) is 7. The number of carbonyl (C=O) groups excluding carboxylic acids is 10. The number of carbonyl (C=O) groups is 6. The SMILES string of the molecule is CC(C)(c1ccc(Oc2ccc3c(c2)C(=O)OC3=O)cc1)c1ccc(Oc2ccc3c(c2)C(=O)OC3=O)cc1.CC(C)(c1ccc(Oc2ccccc2)cc1)c1ccc(Oc2ccc3c(c2)C(=O)OC3=O)cc1.O=C=O.O=C=O. The summed E-state index contributed by atoms with van der Waals surface area (Å²) in [6.07, 6.45) is 0.500. The highest BCUT2D eigenvalue weighted by Gasteiger charge is 2.33. The Bertz CT molecular complexity index is 3580. The fourth-order valence-corrected chi connectivity index (χ4v) is 8.51. The molecule has 0 saturated carbocycles. The van der Waals surface area contributed by atoms with Crippen LogP contribution in [0.15, 0.2) is 182 Å². The minimum absolute atomic E-state index is 0.191. The van der Waals surface area contributed by atoms with Crippen molar-refractivity contribution in [3.63, 3.8) is 0 Å². The number of esters is 6. The fourth-order valence-electron chi connectivity index (χ4n) is 8.51. The van der Waals surface area contributed by atoms with Crippen molar-refractivity contribution in [2.24, 2.45) is 0 Å². The van der Waals surface area contributed by atoms with Gasteiger partial charge in [-0.25, -0.2) is 28.8 Å². The first-order valence-electron chi connectivity index (χ1n) is 23.8. The van der Waals surface area contributed by atoms with Crippen LogP contribution >= 0.6 is 0 Å². The van der Waals surface area contributed by atoms with Crippen molar-refractivity contribution in [1.82, 2.24) is 0 Å². The van der Waals surface area contributed by atoms with E-state index in [0.29, 0.717) is 34.5 Å². The van der Waals surface area contributed by atoms with Crippen LogP contribution in [-0.4, -0.2) is 48.1 Å². The van der Waals surface area contributed by atoms with Gasteiger partial charge in [-0.15, -0.1) is 0 Å². The second-order valence-electron chi connectivity index (χ2n) is 18.4. The predicted molar refractivity (Wildman–Crippen MR) is 275 cm³/mol. The lowest BCUT2D eigenvalue weighted by Gasteiger charge is -2.26. The van der Waals surface area contributed by atoms with E-state index in [1.807, 2.05) is 115 Å². The molecule has 0 amide bonds. The second kappa shape index (κ2) is 23.4. The number of hydrogen-bond donors (Lipinski definition) is 0. The Hall–Kier alpha value is -10.9. The van der Waals surface area contributed by atoms with E-state index in [-0.39, 0.29) is 56.5 Å². The number of rotatable bonds is 12. The molecule has 392 valence electrons. The standard InChI is InChI=1S/C31H20O8.C29H22O5.2CO2/c1-31(2,17-3-7-19(8-4-17)36-21-11-13-23-25(15-21)29(34)38-27(23)32)18-5-9-20(10-6-18)37-22-12-14-24-26(16-22)30(35)39-28(24)33;1-29(2,19-8-12-22(13-9-19)32-21-6-4-3-5-7-21)20-10-14-23(15-11-20)33-24-16-17-25-26(18-24)28(31)34-27(25)30;2*2-1-3/h3-16H,1-2H3;3-18H,1-2H3;;. The van der Waals surface area contributed by atoms with Gasteiger partial charge >= 0.3 is 48.1 Å². The Labute approximate surface area is 449 Å². The monoisotopic (exact) mass is 1060 g/mol. The molecule has 3 heterocycles. The van der Waals surface area contributed by atoms with E-state index in [1.165, 1.54) is 30.3 Å². The highest BCUT2D eigenvalue weighted by atomic mass is 16.6. The van der Waals surface area contributed by atoms with Gasteiger partial charge in [-0.1, -0.05) is 94.4 Å². The van der Waals surface area contributed by atoms with Crippen molar-refractivity contribution < 1.29 is 81.1 Å². The fraction of sp³-hybridized carbons (Fsp3) is 0.0968. The van der Waals surface area contributed by atoms with Gasteiger partial charge in [0.05, 0.1) is 33.4 Å². The van der Waals surface area contributed by atoms with Crippen LogP contribution in [0.25, 0.3) is 0 Å². The third-order valence-electron chi connectivity index (χ3n) is 12.8. The van der Waals surface area contributed by atoms with Crippen LogP contribution in [0.3, 0.4) is 0 Å². The minimum Gasteiger partial charge on any atom is -0.457 e. The molecule has 0 N–H and O–H groups in total. The first-order chi connectivity index (χ1) is 37.9. The van der Waals surface area contributed by atoms with Gasteiger partial charge in [0.2, 0.25) is 0 Å². The Morgan fingerprint density at radius 2 is 0.481 bits per heavy atom. The van der Waals surface area contributed by atoms with Gasteiger partial charge in [0.15, 0.2) is 0 Å². The first kappa shape index (κ1) is 54.4. The third kappa shape index (κ3) is 12.3. The summed E-state index contributed by atoms with van der Waals surface area (Å²) in [7, 11) is 0. The zero-order chi connectivity index (χ0) is 56.4. The second-order valence-corrected chi connectivity index (χ2v) is 18.4. The van der Waals surface area contributed by atoms with Crippen molar-refractivity contribution in [3.8, 4) is 46.0 Å². The zero-order valence-corrected chi connectivity index (χ0v) is 42.3. The normalized spacial score (nSPS) is 12.6. The quantitative estimate of drug-likeness (QED) is 0.0628. The van der Waals surface area contributed by atoms with Crippen LogP contribution in [0.5, 0.6) is 46.0 Å². The minimum atomic E-state index is -0.678. The largest absolute Gasteiger partial charge is 0.457 e. The molecular weight excluding hydrogens is 1020 g/mol. The number of benzene rings is 8.